The Morgan fingerprint density at radius 3 is 2.52 bits per heavy atom. The third-order valence-corrected chi connectivity index (χ3v) is 6.43. The number of anilines is 1. The summed E-state index contributed by atoms with van der Waals surface area (Å²) < 4.78 is 34.1. The van der Waals surface area contributed by atoms with E-state index in [9.17, 15) is 18.0 Å². The highest BCUT2D eigenvalue weighted by molar-refractivity contribution is 7.91. The van der Waals surface area contributed by atoms with Crippen LogP contribution in [-0.2, 0) is 30.7 Å². The highest BCUT2D eigenvalue weighted by Gasteiger charge is 2.35. The minimum absolute atomic E-state index is 0.0420. The van der Waals surface area contributed by atoms with Crippen molar-refractivity contribution in [2.75, 3.05) is 30.1 Å². The molecule has 0 bridgehead atoms. The van der Waals surface area contributed by atoms with Crippen molar-refractivity contribution in [2.45, 2.75) is 19.1 Å². The maximum Gasteiger partial charge on any atom is 0.338 e. The number of methoxy groups -OCH3 is 1. The van der Waals surface area contributed by atoms with Crippen LogP contribution >= 0.6 is 0 Å². The molecule has 154 valence electrons. The van der Waals surface area contributed by atoms with Crippen molar-refractivity contribution in [1.29, 1.82) is 0 Å². The van der Waals surface area contributed by atoms with E-state index in [0.29, 0.717) is 24.3 Å². The highest BCUT2D eigenvalue weighted by atomic mass is 32.2. The van der Waals surface area contributed by atoms with Gasteiger partial charge in [0, 0.05) is 12.8 Å². The maximum absolute atomic E-state index is 12.9. The Kier molecular flexibility index (Phi) is 6.66. The summed E-state index contributed by atoms with van der Waals surface area (Å²) in [7, 11) is -1.62. The van der Waals surface area contributed by atoms with Crippen LogP contribution in [0, 0.1) is 0 Å². The van der Waals surface area contributed by atoms with Crippen molar-refractivity contribution in [3.05, 3.63) is 65.7 Å². The Bertz CT molecular complexity index is 974. The molecule has 2 aromatic rings. The van der Waals surface area contributed by atoms with Crippen molar-refractivity contribution in [2.24, 2.45) is 0 Å². The van der Waals surface area contributed by atoms with Crippen LogP contribution in [0.15, 0.2) is 54.6 Å². The topological polar surface area (TPSA) is 90.0 Å². The van der Waals surface area contributed by atoms with E-state index in [1.165, 1.54) is 4.90 Å². The van der Waals surface area contributed by atoms with Gasteiger partial charge < -0.3 is 14.4 Å². The van der Waals surface area contributed by atoms with E-state index < -0.39 is 34.4 Å². The molecule has 2 aromatic carbocycles. The van der Waals surface area contributed by atoms with Crippen molar-refractivity contribution in [1.82, 2.24) is 0 Å². The Morgan fingerprint density at radius 2 is 1.86 bits per heavy atom. The molecule has 0 aromatic heterocycles. The van der Waals surface area contributed by atoms with E-state index in [2.05, 4.69) is 0 Å². The zero-order valence-corrected chi connectivity index (χ0v) is 16.9. The number of hydrogen-bond acceptors (Lipinski definition) is 6. The van der Waals surface area contributed by atoms with E-state index >= 15 is 0 Å². The monoisotopic (exact) mass is 417 g/mol. The average molecular weight is 417 g/mol. The molecule has 1 amide bonds. The molecule has 0 radical (unpaired) electrons. The second kappa shape index (κ2) is 9.19. The standard InChI is InChI=1S/C21H23NO6S/c1-27-13-16-6-5-7-17(12-16)21(24)28-14-20(23)22(18-8-3-2-4-9-18)19-10-11-29(25,26)15-19/h2-9,12,19H,10-11,13-15H2,1H3/t19-/m1/s1. The summed E-state index contributed by atoms with van der Waals surface area (Å²) in [5, 5.41) is 0. The summed E-state index contributed by atoms with van der Waals surface area (Å²) >= 11 is 0. The number of rotatable bonds is 7. The van der Waals surface area contributed by atoms with E-state index in [0.717, 1.165) is 5.56 Å². The number of carbonyl (C=O) groups excluding carboxylic acids is 2. The molecule has 1 aliphatic rings. The maximum atomic E-state index is 12.9. The molecule has 1 heterocycles. The first-order chi connectivity index (χ1) is 13.9. The third-order valence-electron chi connectivity index (χ3n) is 4.68. The van der Waals surface area contributed by atoms with E-state index in [1.807, 2.05) is 12.1 Å². The minimum atomic E-state index is -3.18. The van der Waals surface area contributed by atoms with Crippen LogP contribution in [0.1, 0.15) is 22.3 Å². The van der Waals surface area contributed by atoms with Gasteiger partial charge in [-0.2, -0.15) is 0 Å². The molecule has 7 nitrogen and oxygen atoms in total. The average Bonchev–Trinajstić information content (AvgIpc) is 3.07. The second-order valence-corrected chi connectivity index (χ2v) is 9.09. The molecule has 1 fully saturated rings. The summed E-state index contributed by atoms with van der Waals surface area (Å²) in [6.07, 6.45) is 0.357. The van der Waals surface area contributed by atoms with Gasteiger partial charge >= 0.3 is 5.97 Å². The normalized spacial score (nSPS) is 17.6. The molecular weight excluding hydrogens is 394 g/mol. The van der Waals surface area contributed by atoms with Crippen molar-refractivity contribution in [3.63, 3.8) is 0 Å². The fraction of sp³-hybridized carbons (Fsp3) is 0.333. The van der Waals surface area contributed by atoms with Gasteiger partial charge in [0.05, 0.1) is 29.7 Å². The first-order valence-corrected chi connectivity index (χ1v) is 11.0. The van der Waals surface area contributed by atoms with Crippen molar-refractivity contribution < 1.29 is 27.5 Å². The van der Waals surface area contributed by atoms with Crippen LogP contribution in [0.4, 0.5) is 5.69 Å². The number of amides is 1. The zero-order chi connectivity index (χ0) is 20.9. The minimum Gasteiger partial charge on any atom is -0.452 e. The Morgan fingerprint density at radius 1 is 1.10 bits per heavy atom. The number of sulfone groups is 1. The number of benzene rings is 2. The van der Waals surface area contributed by atoms with Gasteiger partial charge in [-0.1, -0.05) is 30.3 Å². The van der Waals surface area contributed by atoms with Crippen LogP contribution in [-0.4, -0.2) is 51.6 Å². The fourth-order valence-electron chi connectivity index (χ4n) is 3.36. The number of esters is 1. The molecule has 0 aliphatic carbocycles. The lowest BCUT2D eigenvalue weighted by atomic mass is 10.1. The predicted octanol–water partition coefficient (Wildman–Crippen LogP) is 2.21. The number of carbonyl (C=O) groups is 2. The first kappa shape index (κ1) is 21.0. The summed E-state index contributed by atoms with van der Waals surface area (Å²) in [6.45, 7) is -0.114. The van der Waals surface area contributed by atoms with Crippen LogP contribution in [0.3, 0.4) is 0 Å². The molecule has 0 N–H and O–H groups in total. The quantitative estimate of drug-likeness (QED) is 0.642. The van der Waals surface area contributed by atoms with Gasteiger partial charge in [-0.15, -0.1) is 0 Å². The number of para-hydroxylation sites is 1. The van der Waals surface area contributed by atoms with E-state index in [1.54, 1.807) is 49.6 Å². The lowest BCUT2D eigenvalue weighted by Gasteiger charge is -2.28. The van der Waals surface area contributed by atoms with Gasteiger partial charge in [0.15, 0.2) is 16.4 Å². The smallest absolute Gasteiger partial charge is 0.338 e. The van der Waals surface area contributed by atoms with Crippen LogP contribution < -0.4 is 4.90 Å². The van der Waals surface area contributed by atoms with Gasteiger partial charge in [-0.3, -0.25) is 4.79 Å². The fourth-order valence-corrected chi connectivity index (χ4v) is 5.06. The summed E-state index contributed by atoms with van der Waals surface area (Å²) in [5.74, 6) is -1.14. The summed E-state index contributed by atoms with van der Waals surface area (Å²) in [5.41, 5.74) is 1.72. The SMILES string of the molecule is COCc1cccc(C(=O)OCC(=O)N(c2ccccc2)[C@@H]2CCS(=O)(=O)C2)c1. The predicted molar refractivity (Wildman–Crippen MR) is 108 cm³/mol. The van der Waals surface area contributed by atoms with Gasteiger partial charge in [0.25, 0.3) is 5.91 Å². The Hall–Kier alpha value is -2.71. The molecule has 0 saturated carbocycles. The van der Waals surface area contributed by atoms with Gasteiger partial charge in [-0.25, -0.2) is 13.2 Å². The third kappa shape index (κ3) is 5.42. The molecule has 3 rings (SSSR count). The highest BCUT2D eigenvalue weighted by Crippen LogP contribution is 2.24. The largest absolute Gasteiger partial charge is 0.452 e. The van der Waals surface area contributed by atoms with Gasteiger partial charge in [-0.05, 0) is 36.2 Å². The molecule has 1 saturated heterocycles. The molecule has 8 heteroatoms. The van der Waals surface area contributed by atoms with Crippen LogP contribution in [0.25, 0.3) is 0 Å². The Balaban J connectivity index is 1.72. The lowest BCUT2D eigenvalue weighted by molar-refractivity contribution is -0.122. The number of hydrogen-bond donors (Lipinski definition) is 0. The van der Waals surface area contributed by atoms with Gasteiger partial charge in [0.2, 0.25) is 0 Å². The van der Waals surface area contributed by atoms with Gasteiger partial charge in [0.1, 0.15) is 0 Å². The molecule has 1 aliphatic heterocycles. The Labute approximate surface area is 170 Å². The molecule has 0 spiro atoms. The van der Waals surface area contributed by atoms with E-state index in [-0.39, 0.29) is 11.5 Å². The number of nitrogens with zero attached hydrogens (tertiary/aromatic N) is 1. The lowest BCUT2D eigenvalue weighted by Crippen LogP contribution is -2.43. The summed E-state index contributed by atoms with van der Waals surface area (Å²) in [6, 6.07) is 15.1. The first-order valence-electron chi connectivity index (χ1n) is 9.22. The molecule has 29 heavy (non-hydrogen) atoms. The van der Waals surface area contributed by atoms with Crippen molar-refractivity contribution >= 4 is 27.4 Å². The molecule has 0 unspecified atom stereocenters. The van der Waals surface area contributed by atoms with Crippen LogP contribution in [0.2, 0.25) is 0 Å². The van der Waals surface area contributed by atoms with E-state index in [4.69, 9.17) is 9.47 Å². The van der Waals surface area contributed by atoms with Crippen molar-refractivity contribution in [3.8, 4) is 0 Å². The zero-order valence-electron chi connectivity index (χ0n) is 16.1. The molecular formula is C21H23NO6S. The second-order valence-electron chi connectivity index (χ2n) is 6.87. The molecule has 1 atom stereocenters. The van der Waals surface area contributed by atoms with Crippen LogP contribution in [0.5, 0.6) is 0 Å². The summed E-state index contributed by atoms with van der Waals surface area (Å²) in [4.78, 5) is 26.7. The number of ether oxygens (including phenoxy) is 2.